The van der Waals surface area contributed by atoms with E-state index in [1.165, 1.54) is 9.71 Å². The molecule has 1 fully saturated rings. The highest BCUT2D eigenvalue weighted by Gasteiger charge is 2.31. The van der Waals surface area contributed by atoms with Gasteiger partial charge in [0.1, 0.15) is 0 Å². The van der Waals surface area contributed by atoms with Crippen LogP contribution < -0.4 is 0 Å². The second-order valence-corrected chi connectivity index (χ2v) is 6.80. The summed E-state index contributed by atoms with van der Waals surface area (Å²) in [6.07, 6.45) is 5.03. The molecule has 110 valence electrons. The van der Waals surface area contributed by atoms with Crippen LogP contribution in [0.15, 0.2) is 35.7 Å². The highest BCUT2D eigenvalue weighted by atomic mass is 32.2. The van der Waals surface area contributed by atoms with Crippen LogP contribution in [-0.2, 0) is 10.0 Å². The quantitative estimate of drug-likeness (QED) is 0.839. The van der Waals surface area contributed by atoms with Crippen molar-refractivity contribution in [1.29, 1.82) is 0 Å². The average molecular weight is 295 g/mol. The number of aliphatic hydroxyl groups is 1. The van der Waals surface area contributed by atoms with E-state index in [0.29, 0.717) is 13.0 Å². The molecule has 0 aliphatic heterocycles. The van der Waals surface area contributed by atoms with E-state index in [2.05, 4.69) is 0 Å². The minimum atomic E-state index is -3.41. The lowest BCUT2D eigenvalue weighted by Gasteiger charge is -2.35. The molecule has 20 heavy (non-hydrogen) atoms. The number of hydrogen-bond donors (Lipinski definition) is 1. The summed E-state index contributed by atoms with van der Waals surface area (Å²) in [7, 11) is -3.41. The van der Waals surface area contributed by atoms with E-state index in [0.717, 1.165) is 24.8 Å². The molecular formula is C15H21NO3S. The minimum absolute atomic E-state index is 0.0150. The van der Waals surface area contributed by atoms with E-state index in [1.54, 1.807) is 6.08 Å². The van der Waals surface area contributed by atoms with Gasteiger partial charge in [0.05, 0.1) is 0 Å². The van der Waals surface area contributed by atoms with E-state index >= 15 is 0 Å². The summed E-state index contributed by atoms with van der Waals surface area (Å²) in [5.74, 6) is 0. The smallest absolute Gasteiger partial charge is 0.236 e. The van der Waals surface area contributed by atoms with Crippen molar-refractivity contribution >= 4 is 16.1 Å². The maximum absolute atomic E-state index is 12.4. The van der Waals surface area contributed by atoms with Crippen molar-refractivity contribution in [2.45, 2.75) is 31.7 Å². The summed E-state index contributed by atoms with van der Waals surface area (Å²) < 4.78 is 26.3. The molecule has 0 heterocycles. The van der Waals surface area contributed by atoms with Gasteiger partial charge in [-0.2, -0.15) is 4.31 Å². The van der Waals surface area contributed by atoms with Crippen molar-refractivity contribution in [3.05, 3.63) is 41.3 Å². The molecular weight excluding hydrogens is 274 g/mol. The zero-order chi connectivity index (χ0) is 14.4. The summed E-state index contributed by atoms with van der Waals surface area (Å²) in [5.41, 5.74) is 0.867. The van der Waals surface area contributed by atoms with E-state index in [4.69, 9.17) is 5.11 Å². The van der Waals surface area contributed by atoms with E-state index in [1.807, 2.05) is 30.3 Å². The molecule has 0 radical (unpaired) electrons. The highest BCUT2D eigenvalue weighted by molar-refractivity contribution is 7.92. The van der Waals surface area contributed by atoms with Crippen molar-refractivity contribution < 1.29 is 13.5 Å². The molecule has 0 amide bonds. The number of rotatable bonds is 7. The maximum Gasteiger partial charge on any atom is 0.236 e. The van der Waals surface area contributed by atoms with E-state index in [9.17, 15) is 8.42 Å². The van der Waals surface area contributed by atoms with E-state index < -0.39 is 10.0 Å². The first kappa shape index (κ1) is 15.2. The van der Waals surface area contributed by atoms with Gasteiger partial charge in [-0.05, 0) is 30.9 Å². The molecule has 5 heteroatoms. The standard InChI is InChI=1S/C15H21NO3S/c17-12-5-11-16(15-8-4-9-15)20(18,19)13-10-14-6-2-1-3-7-14/h1-3,6-7,10,13,15,17H,4-5,8-9,11-12H2/b13-10+. The summed E-state index contributed by atoms with van der Waals surface area (Å²) in [6.45, 7) is 0.407. The lowest BCUT2D eigenvalue weighted by atomic mass is 9.93. The highest BCUT2D eigenvalue weighted by Crippen LogP contribution is 2.28. The topological polar surface area (TPSA) is 57.6 Å². The number of benzene rings is 1. The zero-order valence-electron chi connectivity index (χ0n) is 11.5. The number of hydrogen-bond acceptors (Lipinski definition) is 3. The fourth-order valence-corrected chi connectivity index (χ4v) is 3.72. The molecule has 0 bridgehead atoms. The van der Waals surface area contributed by atoms with Crippen molar-refractivity contribution in [2.75, 3.05) is 13.2 Å². The molecule has 1 saturated carbocycles. The van der Waals surface area contributed by atoms with Crippen LogP contribution in [0.1, 0.15) is 31.2 Å². The molecule has 0 aromatic heterocycles. The second-order valence-electron chi connectivity index (χ2n) is 5.03. The first-order chi connectivity index (χ1) is 9.63. The Labute approximate surface area is 120 Å². The molecule has 1 N–H and O–H groups in total. The average Bonchev–Trinajstić information content (AvgIpc) is 2.40. The van der Waals surface area contributed by atoms with Crippen molar-refractivity contribution in [3.8, 4) is 0 Å². The van der Waals surface area contributed by atoms with Gasteiger partial charge < -0.3 is 5.11 Å². The Balaban J connectivity index is 2.11. The molecule has 0 unspecified atom stereocenters. The molecule has 0 atom stereocenters. The van der Waals surface area contributed by atoms with Crippen LogP contribution in [0, 0.1) is 0 Å². The lowest BCUT2D eigenvalue weighted by molar-refractivity contribution is 0.200. The van der Waals surface area contributed by atoms with Gasteiger partial charge in [0.2, 0.25) is 10.0 Å². The molecule has 0 spiro atoms. The number of nitrogens with zero attached hydrogens (tertiary/aromatic N) is 1. The van der Waals surface area contributed by atoms with Crippen molar-refractivity contribution in [2.24, 2.45) is 0 Å². The Morgan fingerprint density at radius 1 is 1.25 bits per heavy atom. The zero-order valence-corrected chi connectivity index (χ0v) is 12.3. The lowest BCUT2D eigenvalue weighted by Crippen LogP contribution is -2.43. The van der Waals surface area contributed by atoms with Gasteiger partial charge in [-0.3, -0.25) is 0 Å². The minimum Gasteiger partial charge on any atom is -0.396 e. The summed E-state index contributed by atoms with van der Waals surface area (Å²) in [4.78, 5) is 0. The third-order valence-corrected chi connectivity index (χ3v) is 5.19. The maximum atomic E-state index is 12.4. The van der Waals surface area contributed by atoms with Crippen LogP contribution in [-0.4, -0.2) is 37.0 Å². The Morgan fingerprint density at radius 3 is 2.50 bits per heavy atom. The van der Waals surface area contributed by atoms with Crippen molar-refractivity contribution in [3.63, 3.8) is 0 Å². The monoisotopic (exact) mass is 295 g/mol. The number of sulfonamides is 1. The van der Waals surface area contributed by atoms with Crippen LogP contribution >= 0.6 is 0 Å². The Hall–Kier alpha value is -1.17. The Kier molecular flexibility index (Phi) is 5.34. The van der Waals surface area contributed by atoms with E-state index in [-0.39, 0.29) is 12.6 Å². The largest absolute Gasteiger partial charge is 0.396 e. The molecule has 1 aromatic rings. The first-order valence-corrected chi connectivity index (χ1v) is 8.49. The molecule has 1 aliphatic carbocycles. The fraction of sp³-hybridized carbons (Fsp3) is 0.467. The first-order valence-electron chi connectivity index (χ1n) is 6.99. The van der Waals surface area contributed by atoms with Crippen LogP contribution in [0.2, 0.25) is 0 Å². The predicted molar refractivity (Wildman–Crippen MR) is 80.4 cm³/mol. The molecule has 0 saturated heterocycles. The van der Waals surface area contributed by atoms with Gasteiger partial charge in [-0.15, -0.1) is 0 Å². The second kappa shape index (κ2) is 7.02. The summed E-state index contributed by atoms with van der Waals surface area (Å²) >= 11 is 0. The van der Waals surface area contributed by atoms with Crippen LogP contribution in [0.25, 0.3) is 6.08 Å². The van der Waals surface area contributed by atoms with Crippen LogP contribution in [0.5, 0.6) is 0 Å². The van der Waals surface area contributed by atoms with Gasteiger partial charge >= 0.3 is 0 Å². The predicted octanol–water partition coefficient (Wildman–Crippen LogP) is 2.22. The molecule has 1 aromatic carbocycles. The van der Waals surface area contributed by atoms with Gasteiger partial charge in [0, 0.05) is 24.6 Å². The SMILES string of the molecule is O=S(=O)(/C=C/c1ccccc1)N(CCCO)C1CCC1. The third-order valence-electron chi connectivity index (χ3n) is 3.58. The van der Waals surface area contributed by atoms with Gasteiger partial charge in [0.15, 0.2) is 0 Å². The van der Waals surface area contributed by atoms with Crippen LogP contribution in [0.4, 0.5) is 0 Å². The Morgan fingerprint density at radius 2 is 1.95 bits per heavy atom. The molecule has 4 nitrogen and oxygen atoms in total. The molecule has 2 rings (SSSR count). The third kappa shape index (κ3) is 3.91. The van der Waals surface area contributed by atoms with Crippen molar-refractivity contribution in [1.82, 2.24) is 4.31 Å². The number of aliphatic hydroxyl groups excluding tert-OH is 1. The van der Waals surface area contributed by atoms with Gasteiger partial charge in [0.25, 0.3) is 0 Å². The van der Waals surface area contributed by atoms with Gasteiger partial charge in [-0.25, -0.2) is 8.42 Å². The summed E-state index contributed by atoms with van der Waals surface area (Å²) in [6, 6.07) is 9.49. The van der Waals surface area contributed by atoms with Crippen LogP contribution in [0.3, 0.4) is 0 Å². The summed E-state index contributed by atoms with van der Waals surface area (Å²) in [5, 5.41) is 10.2. The Bertz CT molecular complexity index is 535. The van der Waals surface area contributed by atoms with Gasteiger partial charge in [-0.1, -0.05) is 36.8 Å². The fourth-order valence-electron chi connectivity index (χ4n) is 2.23. The molecule has 1 aliphatic rings. The normalized spacial score (nSPS) is 16.7.